The summed E-state index contributed by atoms with van der Waals surface area (Å²) >= 11 is 0. The molecule has 1 spiro atoms. The minimum Gasteiger partial charge on any atom is -0.352 e. The van der Waals surface area contributed by atoms with Gasteiger partial charge in [0.1, 0.15) is 5.82 Å². The van der Waals surface area contributed by atoms with Gasteiger partial charge in [-0.05, 0) is 54.5 Å². The first-order valence-corrected chi connectivity index (χ1v) is 10.2. The third-order valence-electron chi connectivity index (χ3n) is 6.38. The number of nitrogens with zero attached hydrogens (tertiary/aromatic N) is 1. The van der Waals surface area contributed by atoms with Gasteiger partial charge >= 0.3 is 6.18 Å². The third-order valence-corrected chi connectivity index (χ3v) is 6.38. The van der Waals surface area contributed by atoms with E-state index in [1.807, 2.05) is 0 Å². The van der Waals surface area contributed by atoms with E-state index in [0.717, 1.165) is 12.1 Å². The van der Waals surface area contributed by atoms with Gasteiger partial charge in [0.15, 0.2) is 0 Å². The molecule has 1 aliphatic heterocycles. The molecule has 2 aromatic carbocycles. The molecular formula is C23H22F4N2O2. The first-order chi connectivity index (χ1) is 14.7. The molecule has 1 unspecified atom stereocenters. The van der Waals surface area contributed by atoms with E-state index >= 15 is 0 Å². The van der Waals surface area contributed by atoms with E-state index < -0.39 is 17.6 Å². The Morgan fingerprint density at radius 2 is 1.77 bits per heavy atom. The van der Waals surface area contributed by atoms with Crippen molar-refractivity contribution in [2.75, 3.05) is 13.1 Å². The quantitative estimate of drug-likeness (QED) is 0.725. The second-order valence-electron chi connectivity index (χ2n) is 8.31. The Morgan fingerprint density at radius 1 is 1.06 bits per heavy atom. The number of halogens is 4. The van der Waals surface area contributed by atoms with Crippen molar-refractivity contribution in [1.82, 2.24) is 10.2 Å². The number of amides is 2. The molecule has 164 valence electrons. The zero-order valence-electron chi connectivity index (χ0n) is 16.7. The molecule has 2 aromatic rings. The SMILES string of the molecule is O=C(NCc1cccc(C(F)(F)F)c1)C1CC12CCN(C(=O)c1ccccc1F)CC2. The molecule has 2 aliphatic rings. The number of likely N-dealkylation sites (tertiary alicyclic amines) is 1. The summed E-state index contributed by atoms with van der Waals surface area (Å²) < 4.78 is 52.4. The van der Waals surface area contributed by atoms with Crippen molar-refractivity contribution < 1.29 is 27.2 Å². The highest BCUT2D eigenvalue weighted by Crippen LogP contribution is 2.59. The molecule has 4 rings (SSSR count). The first kappa shape index (κ1) is 21.3. The molecule has 2 amide bonds. The maximum Gasteiger partial charge on any atom is 0.416 e. The molecule has 2 fully saturated rings. The number of piperidine rings is 1. The molecule has 1 N–H and O–H groups in total. The lowest BCUT2D eigenvalue weighted by molar-refractivity contribution is -0.137. The largest absolute Gasteiger partial charge is 0.416 e. The number of benzene rings is 2. The number of hydrogen-bond acceptors (Lipinski definition) is 2. The van der Waals surface area contributed by atoms with E-state index in [4.69, 9.17) is 0 Å². The van der Waals surface area contributed by atoms with Gasteiger partial charge in [-0.15, -0.1) is 0 Å². The molecule has 1 atom stereocenters. The van der Waals surface area contributed by atoms with Crippen molar-refractivity contribution >= 4 is 11.8 Å². The zero-order chi connectivity index (χ0) is 22.2. The van der Waals surface area contributed by atoms with E-state index in [1.165, 1.54) is 24.3 Å². The van der Waals surface area contributed by atoms with Gasteiger partial charge in [0.25, 0.3) is 5.91 Å². The van der Waals surface area contributed by atoms with Crippen LogP contribution in [0.5, 0.6) is 0 Å². The van der Waals surface area contributed by atoms with E-state index in [0.29, 0.717) is 37.9 Å². The Labute approximate surface area is 177 Å². The summed E-state index contributed by atoms with van der Waals surface area (Å²) in [6.07, 6.45) is -2.43. The Hall–Kier alpha value is -2.90. The Bertz CT molecular complexity index is 997. The van der Waals surface area contributed by atoms with Crippen LogP contribution in [0.1, 0.15) is 40.7 Å². The number of alkyl halides is 3. The number of hydrogen-bond donors (Lipinski definition) is 1. The fourth-order valence-electron chi connectivity index (χ4n) is 4.40. The average molecular weight is 434 g/mol. The molecule has 0 aromatic heterocycles. The van der Waals surface area contributed by atoms with Crippen LogP contribution in [0.15, 0.2) is 48.5 Å². The van der Waals surface area contributed by atoms with E-state index in [-0.39, 0.29) is 35.3 Å². The number of carbonyl (C=O) groups is 2. The third kappa shape index (κ3) is 4.43. The van der Waals surface area contributed by atoms with E-state index in [9.17, 15) is 27.2 Å². The van der Waals surface area contributed by atoms with Crippen molar-refractivity contribution in [1.29, 1.82) is 0 Å². The fraction of sp³-hybridized carbons (Fsp3) is 0.391. The van der Waals surface area contributed by atoms with Crippen LogP contribution in [0.3, 0.4) is 0 Å². The summed E-state index contributed by atoms with van der Waals surface area (Å²) in [5, 5.41) is 2.74. The second kappa shape index (κ2) is 7.98. The zero-order valence-corrected chi connectivity index (χ0v) is 16.7. The highest BCUT2D eigenvalue weighted by Gasteiger charge is 2.58. The van der Waals surface area contributed by atoms with Crippen LogP contribution in [-0.2, 0) is 17.5 Å². The molecule has 31 heavy (non-hydrogen) atoms. The van der Waals surface area contributed by atoms with Crippen molar-refractivity contribution in [2.45, 2.75) is 32.0 Å². The molecule has 0 bridgehead atoms. The predicted molar refractivity (Wildman–Crippen MR) is 105 cm³/mol. The Kier molecular flexibility index (Phi) is 5.49. The molecular weight excluding hydrogens is 412 g/mol. The Morgan fingerprint density at radius 3 is 2.45 bits per heavy atom. The summed E-state index contributed by atoms with van der Waals surface area (Å²) in [5.41, 5.74) is -0.481. The smallest absolute Gasteiger partial charge is 0.352 e. The van der Waals surface area contributed by atoms with Crippen LogP contribution in [0.4, 0.5) is 17.6 Å². The van der Waals surface area contributed by atoms with Crippen molar-refractivity contribution in [3.05, 3.63) is 71.0 Å². The molecule has 1 heterocycles. The van der Waals surface area contributed by atoms with Gasteiger partial charge in [-0.2, -0.15) is 13.2 Å². The van der Waals surface area contributed by atoms with Gasteiger partial charge in [0.05, 0.1) is 11.1 Å². The molecule has 8 heteroatoms. The van der Waals surface area contributed by atoms with Crippen molar-refractivity contribution in [2.24, 2.45) is 11.3 Å². The van der Waals surface area contributed by atoms with Crippen LogP contribution >= 0.6 is 0 Å². The fourth-order valence-corrected chi connectivity index (χ4v) is 4.40. The number of nitrogens with one attached hydrogen (secondary N) is 1. The number of rotatable bonds is 4. The average Bonchev–Trinajstić information content (AvgIpc) is 3.45. The van der Waals surface area contributed by atoms with E-state index in [2.05, 4.69) is 5.32 Å². The van der Waals surface area contributed by atoms with Crippen LogP contribution in [-0.4, -0.2) is 29.8 Å². The minimum atomic E-state index is -4.42. The molecule has 1 saturated carbocycles. The highest BCUT2D eigenvalue weighted by atomic mass is 19.4. The lowest BCUT2D eigenvalue weighted by atomic mass is 9.90. The van der Waals surface area contributed by atoms with Crippen LogP contribution in [0, 0.1) is 17.2 Å². The van der Waals surface area contributed by atoms with Crippen LogP contribution < -0.4 is 5.32 Å². The maximum atomic E-state index is 13.9. The lowest BCUT2D eigenvalue weighted by Crippen LogP contribution is -2.41. The van der Waals surface area contributed by atoms with Crippen molar-refractivity contribution in [3.63, 3.8) is 0 Å². The van der Waals surface area contributed by atoms with E-state index in [1.54, 1.807) is 17.0 Å². The summed E-state index contributed by atoms with van der Waals surface area (Å²) in [6.45, 7) is 0.933. The Balaban J connectivity index is 1.30. The highest BCUT2D eigenvalue weighted by molar-refractivity contribution is 5.94. The van der Waals surface area contributed by atoms with Gasteiger partial charge in [-0.1, -0.05) is 24.3 Å². The summed E-state index contributed by atoms with van der Waals surface area (Å²) in [7, 11) is 0. The monoisotopic (exact) mass is 434 g/mol. The maximum absolute atomic E-state index is 13.9. The molecule has 4 nitrogen and oxygen atoms in total. The summed E-state index contributed by atoms with van der Waals surface area (Å²) in [6, 6.07) is 10.8. The molecule has 1 aliphatic carbocycles. The van der Waals surface area contributed by atoms with Crippen LogP contribution in [0.2, 0.25) is 0 Å². The first-order valence-electron chi connectivity index (χ1n) is 10.2. The van der Waals surface area contributed by atoms with Crippen molar-refractivity contribution in [3.8, 4) is 0 Å². The van der Waals surface area contributed by atoms with Gasteiger partial charge in [-0.3, -0.25) is 9.59 Å². The lowest BCUT2D eigenvalue weighted by Gasteiger charge is -2.33. The van der Waals surface area contributed by atoms with Crippen LogP contribution in [0.25, 0.3) is 0 Å². The van der Waals surface area contributed by atoms with Gasteiger partial charge in [0.2, 0.25) is 5.91 Å². The van der Waals surface area contributed by atoms with Gasteiger partial charge < -0.3 is 10.2 Å². The summed E-state index contributed by atoms with van der Waals surface area (Å²) in [4.78, 5) is 26.7. The minimum absolute atomic E-state index is 0.0349. The standard InChI is InChI=1S/C23H22F4N2O2/c24-19-7-2-1-6-17(19)21(31)29-10-8-22(9-11-29)13-18(22)20(30)28-14-15-4-3-5-16(12-15)23(25,26)27/h1-7,12,18H,8-11,13-14H2,(H,28,30). The summed E-state index contributed by atoms with van der Waals surface area (Å²) in [5.74, 6) is -1.28. The predicted octanol–water partition coefficient (Wildman–Crippen LogP) is 4.40. The van der Waals surface area contributed by atoms with Gasteiger partial charge in [-0.25, -0.2) is 4.39 Å². The number of carbonyl (C=O) groups excluding carboxylic acids is 2. The second-order valence-corrected chi connectivity index (χ2v) is 8.31. The normalized spacial score (nSPS) is 19.9. The topological polar surface area (TPSA) is 49.4 Å². The molecule has 0 radical (unpaired) electrons. The van der Waals surface area contributed by atoms with Gasteiger partial charge in [0, 0.05) is 25.6 Å². The molecule has 1 saturated heterocycles.